The van der Waals surface area contributed by atoms with Gasteiger partial charge in [0, 0.05) is 6.04 Å². The van der Waals surface area contributed by atoms with E-state index in [1.807, 2.05) is 0 Å². The number of benzene rings is 2. The van der Waals surface area contributed by atoms with Crippen LogP contribution in [0.2, 0.25) is 0 Å². The summed E-state index contributed by atoms with van der Waals surface area (Å²) in [7, 11) is 0. The van der Waals surface area contributed by atoms with Crippen LogP contribution >= 0.6 is 0 Å². The molecule has 0 saturated heterocycles. The molecule has 2 aromatic rings. The predicted molar refractivity (Wildman–Crippen MR) is 80.8 cm³/mol. The lowest BCUT2D eigenvalue weighted by molar-refractivity contribution is 0.485. The highest BCUT2D eigenvalue weighted by molar-refractivity contribution is 5.62. The SMILES string of the molecule is CCC(NC1C=Cc2ccccc21)c1ccccc1. The van der Waals surface area contributed by atoms with Crippen molar-refractivity contribution in [1.82, 2.24) is 5.32 Å². The number of nitrogens with one attached hydrogen (secondary N) is 1. The van der Waals surface area contributed by atoms with Gasteiger partial charge in [0.15, 0.2) is 0 Å². The van der Waals surface area contributed by atoms with E-state index >= 15 is 0 Å². The van der Waals surface area contributed by atoms with Crippen LogP contribution in [0.4, 0.5) is 0 Å². The summed E-state index contributed by atoms with van der Waals surface area (Å²) in [6, 6.07) is 20.0. The Morgan fingerprint density at radius 2 is 1.74 bits per heavy atom. The molecule has 1 N–H and O–H groups in total. The molecule has 0 aliphatic heterocycles. The minimum atomic E-state index is 0.335. The maximum absolute atomic E-state index is 3.75. The van der Waals surface area contributed by atoms with E-state index in [-0.39, 0.29) is 0 Å². The van der Waals surface area contributed by atoms with E-state index in [2.05, 4.69) is 79.0 Å². The third-order valence-corrected chi connectivity index (χ3v) is 3.79. The van der Waals surface area contributed by atoms with Gasteiger partial charge in [-0.05, 0) is 23.1 Å². The Kier molecular flexibility index (Phi) is 3.47. The fraction of sp³-hybridized carbons (Fsp3) is 0.222. The van der Waals surface area contributed by atoms with Gasteiger partial charge in [-0.2, -0.15) is 0 Å². The van der Waals surface area contributed by atoms with Gasteiger partial charge < -0.3 is 0 Å². The van der Waals surface area contributed by atoms with Gasteiger partial charge in [0.1, 0.15) is 0 Å². The summed E-state index contributed by atoms with van der Waals surface area (Å²) in [6.45, 7) is 2.23. The molecule has 1 heteroatoms. The fourth-order valence-electron chi connectivity index (χ4n) is 2.75. The average molecular weight is 249 g/mol. The Bertz CT molecular complexity index is 571. The lowest BCUT2D eigenvalue weighted by Gasteiger charge is -2.22. The van der Waals surface area contributed by atoms with E-state index in [9.17, 15) is 0 Å². The van der Waals surface area contributed by atoms with Gasteiger partial charge >= 0.3 is 0 Å². The number of hydrogen-bond donors (Lipinski definition) is 1. The molecule has 0 amide bonds. The average Bonchev–Trinajstić information content (AvgIpc) is 2.89. The molecule has 0 spiro atoms. The smallest absolute Gasteiger partial charge is 0.0520 e. The summed E-state index contributed by atoms with van der Waals surface area (Å²) >= 11 is 0. The quantitative estimate of drug-likeness (QED) is 0.841. The molecule has 0 heterocycles. The minimum absolute atomic E-state index is 0.335. The van der Waals surface area contributed by atoms with E-state index in [0.717, 1.165) is 6.42 Å². The van der Waals surface area contributed by atoms with Crippen LogP contribution in [0, 0.1) is 0 Å². The topological polar surface area (TPSA) is 12.0 Å². The second-order valence-electron chi connectivity index (χ2n) is 5.00. The maximum Gasteiger partial charge on any atom is 0.0520 e. The molecule has 2 unspecified atom stereocenters. The van der Waals surface area contributed by atoms with E-state index in [4.69, 9.17) is 0 Å². The molecule has 0 bridgehead atoms. The first-order valence-corrected chi connectivity index (χ1v) is 6.96. The Morgan fingerprint density at radius 1 is 1.00 bits per heavy atom. The zero-order valence-electron chi connectivity index (χ0n) is 11.2. The van der Waals surface area contributed by atoms with Crippen molar-refractivity contribution in [1.29, 1.82) is 0 Å². The van der Waals surface area contributed by atoms with Gasteiger partial charge in [0.25, 0.3) is 0 Å². The molecular formula is C18H19N. The minimum Gasteiger partial charge on any atom is -0.300 e. The summed E-state index contributed by atoms with van der Waals surface area (Å²) in [4.78, 5) is 0. The van der Waals surface area contributed by atoms with Crippen molar-refractivity contribution >= 4 is 6.08 Å². The van der Waals surface area contributed by atoms with Gasteiger partial charge in [-0.3, -0.25) is 5.32 Å². The first-order valence-electron chi connectivity index (χ1n) is 6.96. The van der Waals surface area contributed by atoms with E-state index in [1.54, 1.807) is 0 Å². The summed E-state index contributed by atoms with van der Waals surface area (Å²) in [5.74, 6) is 0. The van der Waals surface area contributed by atoms with Crippen molar-refractivity contribution in [2.24, 2.45) is 0 Å². The van der Waals surface area contributed by atoms with Crippen LogP contribution in [0.25, 0.3) is 6.08 Å². The highest BCUT2D eigenvalue weighted by Gasteiger charge is 2.19. The normalized spacial score (nSPS) is 18.3. The lowest BCUT2D eigenvalue weighted by Crippen LogP contribution is -2.24. The van der Waals surface area contributed by atoms with Crippen molar-refractivity contribution in [2.75, 3.05) is 0 Å². The van der Waals surface area contributed by atoms with Gasteiger partial charge in [-0.25, -0.2) is 0 Å². The number of hydrogen-bond acceptors (Lipinski definition) is 1. The lowest BCUT2D eigenvalue weighted by atomic mass is 10.0. The Hall–Kier alpha value is -1.86. The van der Waals surface area contributed by atoms with Crippen LogP contribution in [0.15, 0.2) is 60.7 Å². The van der Waals surface area contributed by atoms with Crippen LogP contribution in [0.1, 0.15) is 42.1 Å². The monoisotopic (exact) mass is 249 g/mol. The van der Waals surface area contributed by atoms with Crippen LogP contribution in [-0.2, 0) is 0 Å². The molecule has 0 radical (unpaired) electrons. The highest BCUT2D eigenvalue weighted by atomic mass is 14.9. The van der Waals surface area contributed by atoms with Crippen LogP contribution in [-0.4, -0.2) is 0 Å². The third kappa shape index (κ3) is 2.47. The first kappa shape index (κ1) is 12.2. The standard InChI is InChI=1S/C18H19N/c1-2-17(15-9-4-3-5-10-15)19-18-13-12-14-8-6-7-11-16(14)18/h3-13,17-19H,2H2,1H3. The van der Waals surface area contributed by atoms with E-state index in [0.29, 0.717) is 12.1 Å². The molecule has 19 heavy (non-hydrogen) atoms. The molecule has 0 aromatic heterocycles. The summed E-state index contributed by atoms with van der Waals surface area (Å²) in [5.41, 5.74) is 4.09. The molecule has 1 nitrogen and oxygen atoms in total. The Balaban J connectivity index is 1.80. The molecule has 96 valence electrons. The molecule has 2 atom stereocenters. The molecule has 2 aromatic carbocycles. The first-order chi connectivity index (χ1) is 9.38. The van der Waals surface area contributed by atoms with Gasteiger partial charge in [0.2, 0.25) is 0 Å². The molecule has 3 rings (SSSR count). The zero-order chi connectivity index (χ0) is 13.1. The second-order valence-corrected chi connectivity index (χ2v) is 5.00. The van der Waals surface area contributed by atoms with Crippen LogP contribution < -0.4 is 5.32 Å². The summed E-state index contributed by atoms with van der Waals surface area (Å²) in [6.07, 6.45) is 5.57. The van der Waals surface area contributed by atoms with Crippen molar-refractivity contribution in [3.63, 3.8) is 0 Å². The molecule has 1 aliphatic rings. The van der Waals surface area contributed by atoms with Crippen LogP contribution in [0.5, 0.6) is 0 Å². The number of fused-ring (bicyclic) bond motifs is 1. The van der Waals surface area contributed by atoms with Crippen molar-refractivity contribution in [3.05, 3.63) is 77.4 Å². The van der Waals surface area contributed by atoms with Crippen molar-refractivity contribution in [3.8, 4) is 0 Å². The third-order valence-electron chi connectivity index (χ3n) is 3.79. The highest BCUT2D eigenvalue weighted by Crippen LogP contribution is 2.30. The predicted octanol–water partition coefficient (Wildman–Crippen LogP) is 4.50. The van der Waals surface area contributed by atoms with Crippen molar-refractivity contribution in [2.45, 2.75) is 25.4 Å². The molecular weight excluding hydrogens is 230 g/mol. The maximum atomic E-state index is 3.75. The number of rotatable bonds is 4. The zero-order valence-corrected chi connectivity index (χ0v) is 11.2. The molecule has 1 aliphatic carbocycles. The summed E-state index contributed by atoms with van der Waals surface area (Å²) < 4.78 is 0. The van der Waals surface area contributed by atoms with Crippen molar-refractivity contribution < 1.29 is 0 Å². The molecule has 0 fully saturated rings. The summed E-state index contributed by atoms with van der Waals surface area (Å²) in [5, 5.41) is 3.75. The van der Waals surface area contributed by atoms with Gasteiger partial charge in [-0.1, -0.05) is 73.7 Å². The van der Waals surface area contributed by atoms with E-state index < -0.39 is 0 Å². The Morgan fingerprint density at radius 3 is 2.53 bits per heavy atom. The largest absolute Gasteiger partial charge is 0.300 e. The Labute approximate surface area is 115 Å². The molecule has 0 saturated carbocycles. The van der Waals surface area contributed by atoms with E-state index in [1.165, 1.54) is 16.7 Å². The second kappa shape index (κ2) is 5.41. The van der Waals surface area contributed by atoms with Gasteiger partial charge in [-0.15, -0.1) is 0 Å². The van der Waals surface area contributed by atoms with Crippen LogP contribution in [0.3, 0.4) is 0 Å². The van der Waals surface area contributed by atoms with Gasteiger partial charge in [0.05, 0.1) is 6.04 Å². The fourth-order valence-corrected chi connectivity index (χ4v) is 2.75.